The molecule has 2 aromatic heterocycles. The first-order valence-electron chi connectivity index (χ1n) is 9.56. The van der Waals surface area contributed by atoms with Crippen molar-refractivity contribution in [3.8, 4) is 5.75 Å². The number of carboxylic acids is 1. The maximum atomic E-state index is 12.5. The van der Waals surface area contributed by atoms with E-state index in [4.69, 9.17) is 9.15 Å². The molecule has 5 rings (SSSR count). The fourth-order valence-electron chi connectivity index (χ4n) is 3.49. The second-order valence-corrected chi connectivity index (χ2v) is 7.57. The van der Waals surface area contributed by atoms with Gasteiger partial charge in [-0.3, -0.25) is 5.32 Å². The summed E-state index contributed by atoms with van der Waals surface area (Å²) in [5.74, 6) is -1.40. The van der Waals surface area contributed by atoms with Crippen molar-refractivity contribution >= 4 is 40.1 Å². The Morgan fingerprint density at radius 3 is 2.64 bits per heavy atom. The fraction of sp³-hybridized carbons (Fsp3) is 0.250. The average Bonchev–Trinajstić information content (AvgIpc) is 3.25. The minimum absolute atomic E-state index is 0.0310. The van der Waals surface area contributed by atoms with E-state index in [1.54, 1.807) is 10.6 Å². The number of benzene rings is 2. The molecule has 172 valence electrons. The average molecular weight is 464 g/mol. The molecule has 0 radical (unpaired) electrons. The molecule has 0 unspecified atom stereocenters. The van der Waals surface area contributed by atoms with Gasteiger partial charge >= 0.3 is 18.3 Å². The van der Waals surface area contributed by atoms with E-state index >= 15 is 0 Å². The number of imidazole rings is 1. The highest BCUT2D eigenvalue weighted by molar-refractivity contribution is 5.93. The van der Waals surface area contributed by atoms with E-state index in [-0.39, 0.29) is 48.4 Å². The number of anilines is 2. The Bertz CT molecular complexity index is 1380. The lowest BCUT2D eigenvalue weighted by Crippen LogP contribution is -2.52. The third kappa shape index (κ3) is 4.15. The van der Waals surface area contributed by atoms with Crippen molar-refractivity contribution < 1.29 is 42.1 Å². The Hall–Kier alpha value is -3.84. The zero-order chi connectivity index (χ0) is 23.4. The summed E-state index contributed by atoms with van der Waals surface area (Å²) in [6.45, 7) is 0.316. The number of nitrogens with zero attached hydrogens (tertiary/aromatic N) is 3. The van der Waals surface area contributed by atoms with Crippen molar-refractivity contribution in [1.29, 1.82) is 0 Å². The fourth-order valence-corrected chi connectivity index (χ4v) is 3.49. The van der Waals surface area contributed by atoms with Crippen LogP contribution >= 0.6 is 0 Å². The number of oxazole rings is 1. The van der Waals surface area contributed by atoms with Gasteiger partial charge in [-0.1, -0.05) is 0 Å². The number of hydrogen-bond acceptors (Lipinski definition) is 8. The molecule has 13 heteroatoms. The lowest BCUT2D eigenvalue weighted by atomic mass is 10.0. The zero-order valence-corrected chi connectivity index (χ0v) is 16.6. The summed E-state index contributed by atoms with van der Waals surface area (Å²) >= 11 is 0. The van der Waals surface area contributed by atoms with Crippen LogP contribution < -0.4 is 10.1 Å². The molecule has 0 amide bonds. The Labute approximate surface area is 182 Å². The number of nitrogens with one attached hydrogen (secondary N) is 1. The number of alkyl halides is 3. The van der Waals surface area contributed by atoms with E-state index < -0.39 is 23.7 Å². The third-order valence-corrected chi connectivity index (χ3v) is 5.00. The van der Waals surface area contributed by atoms with E-state index in [2.05, 4.69) is 20.0 Å². The van der Waals surface area contributed by atoms with Gasteiger partial charge in [-0.15, -0.1) is 13.2 Å². The van der Waals surface area contributed by atoms with Crippen LogP contribution in [0.1, 0.15) is 10.4 Å². The second-order valence-electron chi connectivity index (χ2n) is 7.57. The quantitative estimate of drug-likeness (QED) is 0.393. The maximum Gasteiger partial charge on any atom is 0.573 e. The number of aliphatic hydroxyl groups is 1. The van der Waals surface area contributed by atoms with E-state index in [1.807, 2.05) is 0 Å². The van der Waals surface area contributed by atoms with Gasteiger partial charge in [0, 0.05) is 6.07 Å². The topological polar surface area (TPSA) is 132 Å². The Balaban J connectivity index is 1.51. The van der Waals surface area contributed by atoms with Crippen LogP contribution in [0.5, 0.6) is 5.75 Å². The minimum atomic E-state index is -4.85. The van der Waals surface area contributed by atoms with Crippen molar-refractivity contribution in [2.24, 2.45) is 0 Å². The predicted molar refractivity (Wildman–Crippen MR) is 106 cm³/mol. The van der Waals surface area contributed by atoms with Gasteiger partial charge in [-0.25, -0.2) is 9.78 Å². The summed E-state index contributed by atoms with van der Waals surface area (Å²) in [5.41, 5.74) is 0.0946. The standard InChI is InChI=1S/C20H15F3N4O6/c21-20(22,23)33-11-2-3-12-15(6-11)32-18(25-12)26-17-24-13-5-10(16(28)29)1-4-14(13)27(17)7-19(30)8-31-9-19/h1-6,30H,7-9H2,(H,28,29)(H,24,25,26). The first-order valence-corrected chi connectivity index (χ1v) is 9.56. The van der Waals surface area contributed by atoms with Gasteiger partial charge < -0.3 is 28.7 Å². The van der Waals surface area contributed by atoms with Crippen molar-refractivity contribution in [3.63, 3.8) is 0 Å². The van der Waals surface area contributed by atoms with Crippen LogP contribution in [0.4, 0.5) is 25.1 Å². The predicted octanol–water partition coefficient (Wildman–Crippen LogP) is 3.28. The van der Waals surface area contributed by atoms with Crippen LogP contribution in [0.2, 0.25) is 0 Å². The Morgan fingerprint density at radius 2 is 1.97 bits per heavy atom. The van der Waals surface area contributed by atoms with Crippen molar-refractivity contribution in [2.75, 3.05) is 18.5 Å². The van der Waals surface area contributed by atoms with E-state index in [0.29, 0.717) is 11.0 Å². The molecule has 0 spiro atoms. The largest absolute Gasteiger partial charge is 0.573 e. The molecule has 33 heavy (non-hydrogen) atoms. The van der Waals surface area contributed by atoms with Crippen molar-refractivity contribution in [3.05, 3.63) is 42.0 Å². The van der Waals surface area contributed by atoms with Gasteiger partial charge in [-0.2, -0.15) is 4.98 Å². The third-order valence-electron chi connectivity index (χ3n) is 5.00. The first kappa shape index (κ1) is 21.0. The Morgan fingerprint density at radius 1 is 1.18 bits per heavy atom. The lowest BCUT2D eigenvalue weighted by molar-refractivity contribution is -0.274. The molecule has 3 N–H and O–H groups in total. The monoisotopic (exact) mass is 464 g/mol. The van der Waals surface area contributed by atoms with E-state index in [9.17, 15) is 28.2 Å². The van der Waals surface area contributed by atoms with Gasteiger partial charge in [0.1, 0.15) is 16.9 Å². The highest BCUT2D eigenvalue weighted by atomic mass is 19.4. The van der Waals surface area contributed by atoms with E-state index in [1.165, 1.54) is 18.2 Å². The number of aromatic carboxylic acids is 1. The summed E-state index contributed by atoms with van der Waals surface area (Å²) in [6, 6.07) is 7.76. The summed E-state index contributed by atoms with van der Waals surface area (Å²) < 4.78 is 53.5. The summed E-state index contributed by atoms with van der Waals surface area (Å²) in [6.07, 6.45) is -4.85. The molecule has 3 heterocycles. The van der Waals surface area contributed by atoms with Crippen LogP contribution in [0.15, 0.2) is 40.8 Å². The van der Waals surface area contributed by atoms with Gasteiger partial charge in [-0.05, 0) is 30.3 Å². The summed E-state index contributed by atoms with van der Waals surface area (Å²) in [5, 5.41) is 22.7. The number of fused-ring (bicyclic) bond motifs is 2. The smallest absolute Gasteiger partial charge is 0.478 e. The molecular weight excluding hydrogens is 449 g/mol. The molecule has 10 nitrogen and oxygen atoms in total. The molecular formula is C20H15F3N4O6. The minimum Gasteiger partial charge on any atom is -0.478 e. The van der Waals surface area contributed by atoms with Gasteiger partial charge in [0.2, 0.25) is 5.95 Å². The Kier molecular flexibility index (Phi) is 4.68. The van der Waals surface area contributed by atoms with Crippen molar-refractivity contribution in [1.82, 2.24) is 14.5 Å². The number of rotatable bonds is 6. The van der Waals surface area contributed by atoms with Crippen molar-refractivity contribution in [2.45, 2.75) is 18.5 Å². The summed E-state index contributed by atoms with van der Waals surface area (Å²) in [7, 11) is 0. The van der Waals surface area contributed by atoms with Gasteiger partial charge in [0.25, 0.3) is 0 Å². The second kappa shape index (κ2) is 7.35. The number of halogens is 3. The molecule has 1 fully saturated rings. The zero-order valence-electron chi connectivity index (χ0n) is 16.6. The molecule has 1 saturated heterocycles. The first-order chi connectivity index (χ1) is 15.6. The molecule has 0 aliphatic carbocycles. The number of carbonyl (C=O) groups is 1. The molecule has 4 aromatic rings. The highest BCUT2D eigenvalue weighted by Gasteiger charge is 2.38. The normalized spacial score (nSPS) is 15.5. The highest BCUT2D eigenvalue weighted by Crippen LogP contribution is 2.31. The SMILES string of the molecule is O=C(O)c1ccc2c(c1)nc(Nc1nc3ccc(OC(F)(F)F)cc3o1)n2CC1(O)COC1. The van der Waals surface area contributed by atoms with Crippen LogP contribution in [0, 0.1) is 0 Å². The van der Waals surface area contributed by atoms with E-state index in [0.717, 1.165) is 12.1 Å². The number of ether oxygens (including phenoxy) is 2. The number of aromatic nitrogens is 3. The summed E-state index contributed by atoms with van der Waals surface area (Å²) in [4.78, 5) is 19.9. The lowest BCUT2D eigenvalue weighted by Gasteiger charge is -2.36. The molecule has 0 bridgehead atoms. The molecule has 0 saturated carbocycles. The molecule has 1 aliphatic rings. The van der Waals surface area contributed by atoms with Crippen LogP contribution in [-0.2, 0) is 11.3 Å². The molecule has 1 aliphatic heterocycles. The van der Waals surface area contributed by atoms with Crippen LogP contribution in [0.3, 0.4) is 0 Å². The number of hydrogen-bond donors (Lipinski definition) is 3. The van der Waals surface area contributed by atoms with Gasteiger partial charge in [0.05, 0.1) is 36.4 Å². The molecule has 0 atom stereocenters. The molecule has 2 aromatic carbocycles. The number of carboxylic acid groups (broad SMARTS) is 1. The van der Waals surface area contributed by atoms with Gasteiger partial charge in [0.15, 0.2) is 5.58 Å². The maximum absolute atomic E-state index is 12.5. The van der Waals surface area contributed by atoms with Crippen LogP contribution in [0.25, 0.3) is 22.1 Å². The van der Waals surface area contributed by atoms with Crippen LogP contribution in [-0.4, -0.2) is 55.9 Å².